The average Bonchev–Trinajstić information content (AvgIpc) is 2.43. The SMILES string of the molecule is CCNc1cc(S(=O)(=O)Nc2ccc(Cl)cc2Br)ccn1. The van der Waals surface area contributed by atoms with Crippen LogP contribution in [0.4, 0.5) is 11.5 Å². The zero-order valence-corrected chi connectivity index (χ0v) is 14.3. The minimum absolute atomic E-state index is 0.135. The molecule has 0 unspecified atom stereocenters. The monoisotopic (exact) mass is 389 g/mol. The number of anilines is 2. The summed E-state index contributed by atoms with van der Waals surface area (Å²) < 4.78 is 27.8. The number of aromatic nitrogens is 1. The second kappa shape index (κ2) is 6.64. The number of nitrogens with zero attached hydrogens (tertiary/aromatic N) is 1. The van der Waals surface area contributed by atoms with Crippen LogP contribution in [0.2, 0.25) is 5.02 Å². The number of sulfonamides is 1. The predicted molar refractivity (Wildman–Crippen MR) is 88.4 cm³/mol. The summed E-state index contributed by atoms with van der Waals surface area (Å²) >= 11 is 9.11. The van der Waals surface area contributed by atoms with Gasteiger partial charge in [-0.15, -0.1) is 0 Å². The van der Waals surface area contributed by atoms with E-state index in [1.54, 1.807) is 18.2 Å². The summed E-state index contributed by atoms with van der Waals surface area (Å²) in [5.74, 6) is 0.510. The van der Waals surface area contributed by atoms with Gasteiger partial charge in [0.2, 0.25) is 0 Å². The van der Waals surface area contributed by atoms with Crippen molar-refractivity contribution in [2.24, 2.45) is 0 Å². The molecule has 0 saturated heterocycles. The van der Waals surface area contributed by atoms with E-state index in [0.717, 1.165) is 0 Å². The maximum absolute atomic E-state index is 12.4. The second-order valence-electron chi connectivity index (χ2n) is 4.14. The zero-order valence-electron chi connectivity index (χ0n) is 11.1. The first-order valence-electron chi connectivity index (χ1n) is 6.10. The van der Waals surface area contributed by atoms with Crippen LogP contribution in [-0.4, -0.2) is 19.9 Å². The van der Waals surface area contributed by atoms with Crippen LogP contribution in [0, 0.1) is 0 Å². The fourth-order valence-electron chi connectivity index (χ4n) is 1.63. The third kappa shape index (κ3) is 4.09. The number of halogens is 2. The summed E-state index contributed by atoms with van der Waals surface area (Å²) in [6, 6.07) is 7.75. The summed E-state index contributed by atoms with van der Waals surface area (Å²) in [7, 11) is -3.69. The van der Waals surface area contributed by atoms with Crippen molar-refractivity contribution in [2.75, 3.05) is 16.6 Å². The molecule has 8 heteroatoms. The standard InChI is InChI=1S/C13H13BrClN3O2S/c1-2-16-13-8-10(5-6-17-13)21(19,20)18-12-4-3-9(15)7-11(12)14/h3-8,18H,2H2,1H3,(H,16,17). The molecule has 112 valence electrons. The Kier molecular flexibility index (Phi) is 5.08. The largest absolute Gasteiger partial charge is 0.370 e. The predicted octanol–water partition coefficient (Wildman–Crippen LogP) is 3.73. The Morgan fingerprint density at radius 3 is 2.71 bits per heavy atom. The minimum Gasteiger partial charge on any atom is -0.370 e. The van der Waals surface area contributed by atoms with Crippen LogP contribution in [-0.2, 0) is 10.0 Å². The smallest absolute Gasteiger partial charge is 0.262 e. The minimum atomic E-state index is -3.69. The van der Waals surface area contributed by atoms with E-state index in [2.05, 4.69) is 31.0 Å². The Morgan fingerprint density at radius 1 is 1.29 bits per heavy atom. The summed E-state index contributed by atoms with van der Waals surface area (Å²) in [5.41, 5.74) is 0.418. The van der Waals surface area contributed by atoms with Crippen LogP contribution in [0.1, 0.15) is 6.92 Å². The molecule has 2 N–H and O–H groups in total. The highest BCUT2D eigenvalue weighted by Gasteiger charge is 2.16. The lowest BCUT2D eigenvalue weighted by atomic mass is 10.3. The van der Waals surface area contributed by atoms with Gasteiger partial charge in [-0.25, -0.2) is 13.4 Å². The van der Waals surface area contributed by atoms with Crippen molar-refractivity contribution in [1.82, 2.24) is 4.98 Å². The van der Waals surface area contributed by atoms with E-state index in [1.807, 2.05) is 6.92 Å². The van der Waals surface area contributed by atoms with Gasteiger partial charge in [0.1, 0.15) is 5.82 Å². The van der Waals surface area contributed by atoms with Crippen LogP contribution in [0.5, 0.6) is 0 Å². The van der Waals surface area contributed by atoms with Gasteiger partial charge in [0.05, 0.1) is 10.6 Å². The number of hydrogen-bond acceptors (Lipinski definition) is 4. The summed E-state index contributed by atoms with van der Waals surface area (Å²) in [5, 5.41) is 3.49. The van der Waals surface area contributed by atoms with E-state index in [-0.39, 0.29) is 4.90 Å². The molecule has 1 aromatic carbocycles. The molecule has 0 saturated carbocycles. The molecule has 2 aromatic rings. The van der Waals surface area contributed by atoms with E-state index in [0.29, 0.717) is 27.5 Å². The van der Waals surface area contributed by atoms with Crippen molar-refractivity contribution in [3.63, 3.8) is 0 Å². The molecule has 0 aliphatic rings. The van der Waals surface area contributed by atoms with E-state index in [1.165, 1.54) is 18.3 Å². The maximum atomic E-state index is 12.4. The molecule has 1 heterocycles. The molecule has 0 fully saturated rings. The van der Waals surface area contributed by atoms with E-state index in [4.69, 9.17) is 11.6 Å². The zero-order chi connectivity index (χ0) is 15.5. The van der Waals surface area contributed by atoms with Gasteiger partial charge in [0.15, 0.2) is 0 Å². The molecule has 0 aliphatic heterocycles. The highest BCUT2D eigenvalue weighted by atomic mass is 79.9. The van der Waals surface area contributed by atoms with Gasteiger partial charge >= 0.3 is 0 Å². The van der Waals surface area contributed by atoms with Crippen LogP contribution in [0.25, 0.3) is 0 Å². The Hall–Kier alpha value is -1.31. The van der Waals surface area contributed by atoms with Crippen molar-refractivity contribution < 1.29 is 8.42 Å². The van der Waals surface area contributed by atoms with E-state index >= 15 is 0 Å². The van der Waals surface area contributed by atoms with Gasteiger partial charge in [-0.1, -0.05) is 11.6 Å². The topological polar surface area (TPSA) is 71.1 Å². The van der Waals surface area contributed by atoms with Crippen LogP contribution in [0.3, 0.4) is 0 Å². The van der Waals surface area contributed by atoms with Crippen molar-refractivity contribution in [2.45, 2.75) is 11.8 Å². The van der Waals surface area contributed by atoms with Crippen molar-refractivity contribution >= 4 is 49.1 Å². The number of benzene rings is 1. The first-order valence-corrected chi connectivity index (χ1v) is 8.75. The molecular formula is C13H13BrClN3O2S. The number of hydrogen-bond donors (Lipinski definition) is 2. The Labute approximate surface area is 136 Å². The quantitative estimate of drug-likeness (QED) is 0.816. The number of nitrogens with one attached hydrogen (secondary N) is 2. The molecule has 2 rings (SSSR count). The first-order chi connectivity index (χ1) is 9.92. The van der Waals surface area contributed by atoms with Gasteiger partial charge < -0.3 is 5.32 Å². The third-order valence-electron chi connectivity index (χ3n) is 2.58. The first kappa shape index (κ1) is 16.1. The molecule has 0 radical (unpaired) electrons. The van der Waals surface area contributed by atoms with Crippen LogP contribution in [0.15, 0.2) is 45.9 Å². The van der Waals surface area contributed by atoms with Crippen molar-refractivity contribution in [3.05, 3.63) is 46.0 Å². The van der Waals surface area contributed by atoms with Gasteiger partial charge in [-0.2, -0.15) is 0 Å². The van der Waals surface area contributed by atoms with Gasteiger partial charge in [-0.05, 0) is 47.1 Å². The fraction of sp³-hybridized carbons (Fsp3) is 0.154. The van der Waals surface area contributed by atoms with E-state index < -0.39 is 10.0 Å². The summed E-state index contributed by atoms with van der Waals surface area (Å²) in [6.45, 7) is 2.57. The lowest BCUT2D eigenvalue weighted by molar-refractivity contribution is 0.601. The average molecular weight is 391 g/mol. The second-order valence-corrected chi connectivity index (χ2v) is 7.11. The highest BCUT2D eigenvalue weighted by Crippen LogP contribution is 2.28. The van der Waals surface area contributed by atoms with Crippen molar-refractivity contribution in [1.29, 1.82) is 0 Å². The Balaban J connectivity index is 2.31. The summed E-state index contributed by atoms with van der Waals surface area (Å²) in [4.78, 5) is 4.18. The van der Waals surface area contributed by atoms with Crippen LogP contribution >= 0.6 is 27.5 Å². The molecule has 0 bridgehead atoms. The lowest BCUT2D eigenvalue weighted by Gasteiger charge is -2.11. The van der Waals surface area contributed by atoms with Gasteiger partial charge in [0, 0.05) is 28.3 Å². The molecular weight excluding hydrogens is 378 g/mol. The molecule has 0 atom stereocenters. The van der Waals surface area contributed by atoms with E-state index in [9.17, 15) is 8.42 Å². The maximum Gasteiger partial charge on any atom is 0.262 e. The fourth-order valence-corrected chi connectivity index (χ4v) is 3.64. The molecule has 0 spiro atoms. The highest BCUT2D eigenvalue weighted by molar-refractivity contribution is 9.10. The van der Waals surface area contributed by atoms with Crippen LogP contribution < -0.4 is 10.0 Å². The number of pyridine rings is 1. The Bertz CT molecular complexity index is 753. The molecule has 0 amide bonds. The summed E-state index contributed by atoms with van der Waals surface area (Å²) in [6.07, 6.45) is 1.45. The molecule has 1 aromatic heterocycles. The lowest BCUT2D eigenvalue weighted by Crippen LogP contribution is -2.14. The molecule has 21 heavy (non-hydrogen) atoms. The Morgan fingerprint density at radius 2 is 2.05 bits per heavy atom. The normalized spacial score (nSPS) is 11.2. The number of rotatable bonds is 5. The third-order valence-corrected chi connectivity index (χ3v) is 4.83. The van der Waals surface area contributed by atoms with Gasteiger partial charge in [0.25, 0.3) is 10.0 Å². The molecule has 0 aliphatic carbocycles. The van der Waals surface area contributed by atoms with Crippen molar-refractivity contribution in [3.8, 4) is 0 Å². The van der Waals surface area contributed by atoms with Gasteiger partial charge in [-0.3, -0.25) is 4.72 Å². The molecule has 5 nitrogen and oxygen atoms in total.